The first kappa shape index (κ1) is 15.9. The summed E-state index contributed by atoms with van der Waals surface area (Å²) in [6.45, 7) is 4.60. The number of guanidine groups is 1. The zero-order valence-electron chi connectivity index (χ0n) is 12.3. The van der Waals surface area contributed by atoms with Gasteiger partial charge in [0.15, 0.2) is 5.96 Å². The molecule has 0 atom stereocenters. The molecule has 20 heavy (non-hydrogen) atoms. The number of hydrogen-bond donors (Lipinski definition) is 2. The van der Waals surface area contributed by atoms with E-state index < -0.39 is 0 Å². The maximum atomic E-state index is 11.9. The molecule has 0 aromatic carbocycles. The molecule has 0 aliphatic heterocycles. The zero-order chi connectivity index (χ0) is 15.0. The molecular weight excluding hydrogens is 254 g/mol. The molecule has 1 amide bonds. The average Bonchev–Trinajstić information content (AvgIpc) is 2.42. The van der Waals surface area contributed by atoms with Crippen LogP contribution in [0, 0.1) is 0 Å². The molecule has 0 radical (unpaired) electrons. The molecule has 6 nitrogen and oxygen atoms in total. The van der Waals surface area contributed by atoms with E-state index in [4.69, 9.17) is 5.73 Å². The molecule has 1 rings (SSSR count). The minimum atomic E-state index is -0.0607. The van der Waals surface area contributed by atoms with Crippen molar-refractivity contribution in [2.24, 2.45) is 10.7 Å². The Morgan fingerprint density at radius 3 is 2.85 bits per heavy atom. The molecule has 0 aliphatic carbocycles. The number of amides is 1. The van der Waals surface area contributed by atoms with Gasteiger partial charge in [-0.25, -0.2) is 4.99 Å². The molecular formula is C14H23N5O. The van der Waals surface area contributed by atoms with Crippen LogP contribution in [0.1, 0.15) is 19.5 Å². The summed E-state index contributed by atoms with van der Waals surface area (Å²) in [6.07, 6.45) is 2.48. The van der Waals surface area contributed by atoms with E-state index in [1.807, 2.05) is 32.0 Å². The lowest BCUT2D eigenvalue weighted by molar-refractivity contribution is -0.128. The lowest BCUT2D eigenvalue weighted by Gasteiger charge is -2.16. The highest BCUT2D eigenvalue weighted by atomic mass is 16.2. The number of carbonyl (C=O) groups excluding carboxylic acids is 1. The van der Waals surface area contributed by atoms with Crippen molar-refractivity contribution >= 4 is 11.9 Å². The highest BCUT2D eigenvalue weighted by Crippen LogP contribution is 1.97. The highest BCUT2D eigenvalue weighted by Gasteiger charge is 2.08. The van der Waals surface area contributed by atoms with Gasteiger partial charge in [-0.3, -0.25) is 9.78 Å². The number of nitrogens with one attached hydrogen (secondary N) is 1. The summed E-state index contributed by atoms with van der Waals surface area (Å²) in [5.41, 5.74) is 6.62. The van der Waals surface area contributed by atoms with E-state index in [2.05, 4.69) is 15.3 Å². The van der Waals surface area contributed by atoms with Crippen LogP contribution in [0.3, 0.4) is 0 Å². The molecule has 0 saturated heterocycles. The van der Waals surface area contributed by atoms with E-state index in [-0.39, 0.29) is 18.5 Å². The molecule has 0 bridgehead atoms. The van der Waals surface area contributed by atoms with Crippen LogP contribution in [0.4, 0.5) is 0 Å². The maximum Gasteiger partial charge on any atom is 0.244 e. The molecule has 1 aromatic heterocycles. The first-order valence-electron chi connectivity index (χ1n) is 6.69. The topological polar surface area (TPSA) is 83.6 Å². The van der Waals surface area contributed by atoms with Crippen molar-refractivity contribution in [3.63, 3.8) is 0 Å². The molecule has 1 aromatic rings. The van der Waals surface area contributed by atoms with Crippen molar-refractivity contribution in [3.8, 4) is 0 Å². The van der Waals surface area contributed by atoms with Gasteiger partial charge in [-0.15, -0.1) is 0 Å². The van der Waals surface area contributed by atoms with Gasteiger partial charge in [0.05, 0.1) is 0 Å². The number of hydrogen-bond acceptors (Lipinski definition) is 3. The Balaban J connectivity index is 2.36. The summed E-state index contributed by atoms with van der Waals surface area (Å²) in [4.78, 5) is 21.7. The number of aromatic nitrogens is 1. The van der Waals surface area contributed by atoms with Gasteiger partial charge in [-0.05, 0) is 26.0 Å². The van der Waals surface area contributed by atoms with E-state index in [0.29, 0.717) is 12.5 Å². The number of nitrogens with two attached hydrogens (primary N) is 1. The Morgan fingerprint density at radius 2 is 2.25 bits per heavy atom. The van der Waals surface area contributed by atoms with Crippen LogP contribution in [-0.4, -0.2) is 47.9 Å². The first-order valence-corrected chi connectivity index (χ1v) is 6.69. The number of carbonyl (C=O) groups is 1. The van der Waals surface area contributed by atoms with E-state index in [9.17, 15) is 4.79 Å². The molecule has 0 fully saturated rings. The van der Waals surface area contributed by atoms with Crippen LogP contribution in [0.15, 0.2) is 29.4 Å². The molecule has 0 spiro atoms. The maximum absolute atomic E-state index is 11.9. The smallest absolute Gasteiger partial charge is 0.244 e. The number of nitrogens with zero attached hydrogens (tertiary/aromatic N) is 3. The van der Waals surface area contributed by atoms with Crippen LogP contribution < -0.4 is 11.1 Å². The average molecular weight is 277 g/mol. The van der Waals surface area contributed by atoms with E-state index >= 15 is 0 Å². The fourth-order valence-electron chi connectivity index (χ4n) is 1.57. The fraction of sp³-hybridized carbons (Fsp3) is 0.500. The summed E-state index contributed by atoms with van der Waals surface area (Å²) in [5, 5.41) is 2.94. The number of rotatable bonds is 6. The SMILES string of the molecule is CC(C)NC(N)=NCC(=O)N(C)CCc1ccccn1. The third-order valence-electron chi connectivity index (χ3n) is 2.68. The standard InChI is InChI=1S/C14H23N5O/c1-11(2)18-14(15)17-10-13(20)19(3)9-7-12-6-4-5-8-16-12/h4-6,8,11H,7,9-10H2,1-3H3,(H3,15,17,18). The van der Waals surface area contributed by atoms with Gasteiger partial charge in [-0.2, -0.15) is 0 Å². The normalized spacial score (nSPS) is 11.5. The quantitative estimate of drug-likeness (QED) is 0.582. The molecule has 1 heterocycles. The van der Waals surface area contributed by atoms with E-state index in [1.54, 1.807) is 18.1 Å². The summed E-state index contributed by atoms with van der Waals surface area (Å²) in [7, 11) is 1.76. The zero-order valence-corrected chi connectivity index (χ0v) is 12.3. The molecule has 0 saturated carbocycles. The Hall–Kier alpha value is -2.11. The van der Waals surface area contributed by atoms with Gasteiger partial charge in [0, 0.05) is 37.9 Å². The second-order valence-corrected chi connectivity index (χ2v) is 4.89. The summed E-state index contributed by atoms with van der Waals surface area (Å²) in [5.74, 6) is 0.237. The van der Waals surface area contributed by atoms with Crippen LogP contribution in [0.2, 0.25) is 0 Å². The van der Waals surface area contributed by atoms with E-state index in [0.717, 1.165) is 12.1 Å². The van der Waals surface area contributed by atoms with Gasteiger partial charge in [0.25, 0.3) is 0 Å². The largest absolute Gasteiger partial charge is 0.370 e. The van der Waals surface area contributed by atoms with Crippen molar-refractivity contribution in [1.29, 1.82) is 0 Å². The van der Waals surface area contributed by atoms with Crippen LogP contribution in [-0.2, 0) is 11.2 Å². The third kappa shape index (κ3) is 6.17. The van der Waals surface area contributed by atoms with Crippen molar-refractivity contribution in [1.82, 2.24) is 15.2 Å². The first-order chi connectivity index (χ1) is 9.49. The van der Waals surface area contributed by atoms with Crippen LogP contribution in [0.25, 0.3) is 0 Å². The van der Waals surface area contributed by atoms with Gasteiger partial charge in [0.2, 0.25) is 5.91 Å². The van der Waals surface area contributed by atoms with Crippen LogP contribution in [0.5, 0.6) is 0 Å². The predicted octanol–water partition coefficient (Wildman–Crippen LogP) is 0.395. The summed E-state index contributed by atoms with van der Waals surface area (Å²) < 4.78 is 0. The third-order valence-corrected chi connectivity index (χ3v) is 2.68. The molecule has 0 aliphatic rings. The molecule has 3 N–H and O–H groups in total. The van der Waals surface area contributed by atoms with Crippen molar-refractivity contribution in [2.45, 2.75) is 26.3 Å². The Morgan fingerprint density at radius 1 is 1.50 bits per heavy atom. The van der Waals surface area contributed by atoms with Crippen molar-refractivity contribution in [3.05, 3.63) is 30.1 Å². The minimum absolute atomic E-state index is 0.0598. The highest BCUT2D eigenvalue weighted by molar-refractivity contribution is 5.84. The second kappa shape index (κ2) is 8.14. The molecule has 110 valence electrons. The van der Waals surface area contributed by atoms with Crippen molar-refractivity contribution in [2.75, 3.05) is 20.1 Å². The minimum Gasteiger partial charge on any atom is -0.370 e. The Bertz CT molecular complexity index is 444. The number of likely N-dealkylation sites (N-methyl/N-ethyl adjacent to an activating group) is 1. The molecule has 6 heteroatoms. The predicted molar refractivity (Wildman–Crippen MR) is 80.3 cm³/mol. The van der Waals surface area contributed by atoms with Gasteiger partial charge in [-0.1, -0.05) is 6.07 Å². The van der Waals surface area contributed by atoms with Crippen LogP contribution >= 0.6 is 0 Å². The van der Waals surface area contributed by atoms with E-state index in [1.165, 1.54) is 0 Å². The Labute approximate surface area is 120 Å². The van der Waals surface area contributed by atoms with Gasteiger partial charge >= 0.3 is 0 Å². The fourth-order valence-corrected chi connectivity index (χ4v) is 1.57. The van der Waals surface area contributed by atoms with Gasteiger partial charge < -0.3 is 16.0 Å². The summed E-state index contributed by atoms with van der Waals surface area (Å²) in [6, 6.07) is 5.96. The Kier molecular flexibility index (Phi) is 6.49. The molecule has 0 unspecified atom stereocenters. The second-order valence-electron chi connectivity index (χ2n) is 4.89. The van der Waals surface area contributed by atoms with Crippen molar-refractivity contribution < 1.29 is 4.79 Å². The monoisotopic (exact) mass is 277 g/mol. The number of aliphatic imine (C=N–C) groups is 1. The number of pyridine rings is 1. The lowest BCUT2D eigenvalue weighted by Crippen LogP contribution is -2.38. The van der Waals surface area contributed by atoms with Gasteiger partial charge in [0.1, 0.15) is 6.54 Å². The lowest BCUT2D eigenvalue weighted by atomic mass is 10.2. The summed E-state index contributed by atoms with van der Waals surface area (Å²) >= 11 is 0.